The summed E-state index contributed by atoms with van der Waals surface area (Å²) in [7, 11) is -3.89. The van der Waals surface area contributed by atoms with Gasteiger partial charge in [0.25, 0.3) is 11.2 Å². The molecule has 0 unspecified atom stereocenters. The molecule has 0 radical (unpaired) electrons. The van der Waals surface area contributed by atoms with E-state index in [0.29, 0.717) is 37.6 Å². The lowest BCUT2D eigenvalue weighted by Gasteiger charge is -2.31. The first kappa shape index (κ1) is 24.6. The fourth-order valence-corrected chi connectivity index (χ4v) is 6.00. The Morgan fingerprint density at radius 1 is 1.26 bits per heavy atom. The zero-order valence-electron chi connectivity index (χ0n) is 18.4. The molecule has 13 heteroatoms. The summed E-state index contributed by atoms with van der Waals surface area (Å²) in [5, 5.41) is 18.5. The van der Waals surface area contributed by atoms with Crippen LogP contribution in [0.5, 0.6) is 0 Å². The Morgan fingerprint density at radius 2 is 2.03 bits per heavy atom. The van der Waals surface area contributed by atoms with Crippen molar-refractivity contribution in [3.8, 4) is 0 Å². The Hall–Kier alpha value is -2.54. The zero-order chi connectivity index (χ0) is 24.3. The van der Waals surface area contributed by atoms with E-state index in [1.807, 2.05) is 0 Å². The second-order valence-electron chi connectivity index (χ2n) is 8.48. The maximum Gasteiger partial charge on any atom is 0.287 e. The number of nitro groups is 1. The van der Waals surface area contributed by atoms with Crippen LogP contribution in [0.1, 0.15) is 31.7 Å². The third kappa shape index (κ3) is 5.24. The summed E-state index contributed by atoms with van der Waals surface area (Å²) in [5.41, 5.74) is -0.239. The van der Waals surface area contributed by atoms with Gasteiger partial charge in [0.2, 0.25) is 10.0 Å². The van der Waals surface area contributed by atoms with E-state index in [1.165, 1.54) is 33.4 Å². The molecule has 2 fully saturated rings. The van der Waals surface area contributed by atoms with Crippen LogP contribution in [-0.4, -0.2) is 60.3 Å². The van der Waals surface area contributed by atoms with Gasteiger partial charge in [-0.05, 0) is 37.7 Å². The average molecular weight is 512 g/mol. The number of ether oxygens (including phenoxy) is 1. The summed E-state index contributed by atoms with van der Waals surface area (Å²) in [4.78, 5) is 23.1. The number of hydrogen-bond donors (Lipinski definition) is 1. The first-order valence-corrected chi connectivity index (χ1v) is 12.9. The van der Waals surface area contributed by atoms with Crippen molar-refractivity contribution in [1.29, 1.82) is 0 Å². The SMILES string of the molecule is O=c1c(Cl)c(NC[C@H]2CCCOC2)cnn1C1CCN(S(=O)(=O)c2cccc([N+](=O)[O-])c2)CC1. The van der Waals surface area contributed by atoms with Crippen LogP contribution in [0.15, 0.2) is 40.2 Å². The maximum atomic E-state index is 13.0. The van der Waals surface area contributed by atoms with Crippen molar-refractivity contribution in [2.45, 2.75) is 36.6 Å². The molecule has 2 saturated heterocycles. The highest BCUT2D eigenvalue weighted by Crippen LogP contribution is 2.28. The summed E-state index contributed by atoms with van der Waals surface area (Å²) in [5.74, 6) is 0.351. The minimum atomic E-state index is -3.89. The van der Waals surface area contributed by atoms with Crippen molar-refractivity contribution in [3.63, 3.8) is 0 Å². The van der Waals surface area contributed by atoms with Crippen LogP contribution >= 0.6 is 11.6 Å². The average Bonchev–Trinajstić information content (AvgIpc) is 2.86. The van der Waals surface area contributed by atoms with Crippen LogP contribution in [0.4, 0.5) is 11.4 Å². The molecule has 34 heavy (non-hydrogen) atoms. The quantitative estimate of drug-likeness (QED) is 0.442. The van der Waals surface area contributed by atoms with Crippen molar-refractivity contribution in [2.75, 3.05) is 38.2 Å². The number of nitrogens with one attached hydrogen (secondary N) is 1. The highest BCUT2D eigenvalue weighted by Gasteiger charge is 2.32. The molecule has 1 N–H and O–H groups in total. The van der Waals surface area contributed by atoms with Crippen molar-refractivity contribution in [1.82, 2.24) is 14.1 Å². The summed E-state index contributed by atoms with van der Waals surface area (Å²) in [6.07, 6.45) is 4.31. The van der Waals surface area contributed by atoms with Crippen molar-refractivity contribution in [2.24, 2.45) is 5.92 Å². The van der Waals surface area contributed by atoms with Gasteiger partial charge in [-0.1, -0.05) is 17.7 Å². The molecule has 0 aliphatic carbocycles. The van der Waals surface area contributed by atoms with Gasteiger partial charge >= 0.3 is 0 Å². The summed E-state index contributed by atoms with van der Waals surface area (Å²) < 4.78 is 34.0. The Balaban J connectivity index is 1.41. The van der Waals surface area contributed by atoms with Gasteiger partial charge in [0.1, 0.15) is 5.02 Å². The third-order valence-corrected chi connectivity index (χ3v) is 8.47. The van der Waals surface area contributed by atoms with Gasteiger partial charge in [-0.3, -0.25) is 14.9 Å². The number of nitro benzene ring substituents is 1. The molecule has 2 aliphatic rings. The van der Waals surface area contributed by atoms with E-state index in [9.17, 15) is 23.3 Å². The highest BCUT2D eigenvalue weighted by molar-refractivity contribution is 7.89. The standard InChI is InChI=1S/C21H26ClN5O6S/c22-20-19(23-12-15-3-2-10-33-14-15)13-24-26(21(20)28)16-6-8-25(9-7-16)34(31,32)18-5-1-4-17(11-18)27(29)30/h1,4-5,11,13,15-16,23H,2-3,6-10,12,14H2/t15-/m1/s1. The molecule has 1 aromatic carbocycles. The number of halogens is 1. The minimum Gasteiger partial charge on any atom is -0.382 e. The summed E-state index contributed by atoms with van der Waals surface area (Å²) >= 11 is 6.33. The van der Waals surface area contributed by atoms with E-state index in [-0.39, 0.29) is 34.7 Å². The van der Waals surface area contributed by atoms with Crippen LogP contribution in [-0.2, 0) is 14.8 Å². The van der Waals surface area contributed by atoms with Gasteiger partial charge in [0.05, 0.1) is 34.4 Å². The second kappa shape index (κ2) is 10.4. The smallest absolute Gasteiger partial charge is 0.287 e. The topological polar surface area (TPSA) is 137 Å². The number of non-ortho nitro benzene ring substituents is 1. The van der Waals surface area contributed by atoms with E-state index in [4.69, 9.17) is 16.3 Å². The predicted molar refractivity (Wildman–Crippen MR) is 126 cm³/mol. The van der Waals surface area contributed by atoms with E-state index in [1.54, 1.807) is 0 Å². The molecule has 1 aromatic heterocycles. The first-order valence-electron chi connectivity index (χ1n) is 11.1. The molecule has 4 rings (SSSR count). The molecule has 0 bridgehead atoms. The van der Waals surface area contributed by atoms with E-state index < -0.39 is 20.5 Å². The summed E-state index contributed by atoms with van der Waals surface area (Å²) in [6, 6.07) is 4.68. The molecule has 0 saturated carbocycles. The molecule has 2 aromatic rings. The summed E-state index contributed by atoms with van der Waals surface area (Å²) in [6.45, 7) is 2.40. The Kier molecular flexibility index (Phi) is 7.51. The minimum absolute atomic E-state index is 0.0541. The lowest BCUT2D eigenvalue weighted by molar-refractivity contribution is -0.385. The monoisotopic (exact) mass is 511 g/mol. The molecule has 1 atom stereocenters. The number of anilines is 1. The Labute approximate surface area is 201 Å². The number of nitrogens with zero attached hydrogens (tertiary/aromatic N) is 4. The number of rotatable bonds is 7. The number of sulfonamides is 1. The second-order valence-corrected chi connectivity index (χ2v) is 10.8. The van der Waals surface area contributed by atoms with Gasteiger partial charge in [0, 0.05) is 38.4 Å². The van der Waals surface area contributed by atoms with E-state index in [0.717, 1.165) is 25.5 Å². The van der Waals surface area contributed by atoms with Crippen molar-refractivity contribution >= 4 is 33.0 Å². The molecule has 3 heterocycles. The normalized spacial score (nSPS) is 20.2. The fraction of sp³-hybridized carbons (Fsp3) is 0.524. The van der Waals surface area contributed by atoms with E-state index >= 15 is 0 Å². The molecule has 0 amide bonds. The van der Waals surface area contributed by atoms with Gasteiger partial charge in [0.15, 0.2) is 0 Å². The number of piperidine rings is 1. The van der Waals surface area contributed by atoms with Gasteiger partial charge in [-0.25, -0.2) is 13.1 Å². The first-order chi connectivity index (χ1) is 16.3. The Bertz CT molecular complexity index is 1210. The van der Waals surface area contributed by atoms with Crippen LogP contribution in [0.25, 0.3) is 0 Å². The molecular formula is C21H26ClN5O6S. The molecular weight excluding hydrogens is 486 g/mol. The highest BCUT2D eigenvalue weighted by atomic mass is 35.5. The van der Waals surface area contributed by atoms with Gasteiger partial charge < -0.3 is 10.1 Å². The molecule has 0 spiro atoms. The third-order valence-electron chi connectivity index (χ3n) is 6.21. The number of benzene rings is 1. The van der Waals surface area contributed by atoms with Gasteiger partial charge in [-0.15, -0.1) is 0 Å². The van der Waals surface area contributed by atoms with E-state index in [2.05, 4.69) is 10.4 Å². The lowest BCUT2D eigenvalue weighted by Crippen LogP contribution is -2.41. The predicted octanol–water partition coefficient (Wildman–Crippen LogP) is 2.67. The van der Waals surface area contributed by atoms with Crippen LogP contribution in [0, 0.1) is 16.0 Å². The number of aromatic nitrogens is 2. The fourth-order valence-electron chi connectivity index (χ4n) is 4.28. The Morgan fingerprint density at radius 3 is 2.71 bits per heavy atom. The van der Waals surface area contributed by atoms with Crippen LogP contribution < -0.4 is 10.9 Å². The van der Waals surface area contributed by atoms with Gasteiger partial charge in [-0.2, -0.15) is 9.40 Å². The number of hydrogen-bond acceptors (Lipinski definition) is 8. The lowest BCUT2D eigenvalue weighted by atomic mass is 10.0. The zero-order valence-corrected chi connectivity index (χ0v) is 20.0. The van der Waals surface area contributed by atoms with Crippen LogP contribution in [0.3, 0.4) is 0 Å². The molecule has 11 nitrogen and oxygen atoms in total. The van der Waals surface area contributed by atoms with Crippen molar-refractivity contribution < 1.29 is 18.1 Å². The molecule has 2 aliphatic heterocycles. The van der Waals surface area contributed by atoms with Crippen LogP contribution in [0.2, 0.25) is 5.02 Å². The maximum absolute atomic E-state index is 13.0. The molecule has 184 valence electrons. The largest absolute Gasteiger partial charge is 0.382 e. The van der Waals surface area contributed by atoms with Crippen molar-refractivity contribution in [3.05, 3.63) is 56.0 Å².